The first kappa shape index (κ1) is 14.9. The molecule has 2 heterocycles. The van der Waals surface area contributed by atoms with Gasteiger partial charge in [-0.2, -0.15) is 0 Å². The highest BCUT2D eigenvalue weighted by molar-refractivity contribution is 6.30. The van der Waals surface area contributed by atoms with Gasteiger partial charge in [0, 0.05) is 18.3 Å². The van der Waals surface area contributed by atoms with Gasteiger partial charge in [-0.15, -0.1) is 0 Å². The molecule has 9 heteroatoms. The number of nitrogens with one attached hydrogen (secondary N) is 1. The number of pyridine rings is 1. The zero-order valence-electron chi connectivity index (χ0n) is 11.5. The molecule has 1 aliphatic heterocycles. The van der Waals surface area contributed by atoms with Crippen molar-refractivity contribution in [3.05, 3.63) is 62.8 Å². The van der Waals surface area contributed by atoms with E-state index in [9.17, 15) is 19.7 Å². The number of imide groups is 1. The third-order valence-electron chi connectivity index (χ3n) is 3.31. The Balaban J connectivity index is 1.79. The zero-order valence-corrected chi connectivity index (χ0v) is 12.3. The first-order valence-electron chi connectivity index (χ1n) is 6.47. The fraction of sp³-hybridized carbons (Fsp3) is 0.0714. The van der Waals surface area contributed by atoms with Gasteiger partial charge in [0.1, 0.15) is 5.82 Å². The molecule has 0 bridgehead atoms. The van der Waals surface area contributed by atoms with Gasteiger partial charge in [-0.3, -0.25) is 24.6 Å². The van der Waals surface area contributed by atoms with Crippen molar-refractivity contribution in [3.8, 4) is 0 Å². The van der Waals surface area contributed by atoms with Crippen LogP contribution < -0.4 is 5.32 Å². The summed E-state index contributed by atoms with van der Waals surface area (Å²) in [6, 6.07) is 6.81. The Labute approximate surface area is 134 Å². The third-order valence-corrected chi connectivity index (χ3v) is 3.53. The van der Waals surface area contributed by atoms with E-state index in [1.807, 2.05) is 0 Å². The van der Waals surface area contributed by atoms with Crippen molar-refractivity contribution in [2.45, 2.75) is 0 Å². The van der Waals surface area contributed by atoms with Crippen molar-refractivity contribution in [1.82, 2.24) is 9.88 Å². The van der Waals surface area contributed by atoms with Crippen LogP contribution in [0.1, 0.15) is 20.7 Å². The number of anilines is 1. The van der Waals surface area contributed by atoms with Gasteiger partial charge in [0.25, 0.3) is 17.5 Å². The van der Waals surface area contributed by atoms with Gasteiger partial charge in [0.15, 0.2) is 0 Å². The summed E-state index contributed by atoms with van der Waals surface area (Å²) in [6.45, 7) is -0.102. The van der Waals surface area contributed by atoms with Gasteiger partial charge in [-0.05, 0) is 18.2 Å². The number of non-ortho nitro benzene ring substituents is 1. The van der Waals surface area contributed by atoms with Crippen molar-refractivity contribution >= 4 is 34.9 Å². The second-order valence-corrected chi connectivity index (χ2v) is 5.16. The van der Waals surface area contributed by atoms with Crippen LogP contribution in [-0.2, 0) is 0 Å². The minimum Gasteiger partial charge on any atom is -0.352 e. The molecule has 0 fully saturated rings. The average Bonchev–Trinajstić information content (AvgIpc) is 2.78. The Bertz CT molecular complexity index is 822. The molecule has 2 aromatic rings. The molecule has 0 saturated heterocycles. The minimum atomic E-state index is -0.615. The molecule has 8 nitrogen and oxygen atoms in total. The van der Waals surface area contributed by atoms with Crippen LogP contribution in [0.25, 0.3) is 0 Å². The fourth-order valence-corrected chi connectivity index (χ4v) is 2.29. The summed E-state index contributed by atoms with van der Waals surface area (Å²) in [5, 5.41) is 14.1. The SMILES string of the molecule is O=C1c2ccc([N+](=O)[O-])cc2C(=O)N1CNc1ccc(Cl)cn1. The van der Waals surface area contributed by atoms with Crippen LogP contribution in [0.15, 0.2) is 36.5 Å². The van der Waals surface area contributed by atoms with Gasteiger partial charge in [0.2, 0.25) is 0 Å². The smallest absolute Gasteiger partial charge is 0.270 e. The maximum Gasteiger partial charge on any atom is 0.270 e. The van der Waals surface area contributed by atoms with E-state index in [0.717, 1.165) is 11.0 Å². The number of aromatic nitrogens is 1. The van der Waals surface area contributed by atoms with E-state index in [4.69, 9.17) is 11.6 Å². The molecule has 0 aliphatic carbocycles. The normalized spacial score (nSPS) is 13.2. The van der Waals surface area contributed by atoms with E-state index >= 15 is 0 Å². The van der Waals surface area contributed by atoms with Crippen molar-refractivity contribution in [3.63, 3.8) is 0 Å². The second kappa shape index (κ2) is 5.65. The molecular formula is C14H9ClN4O4. The molecule has 0 saturated carbocycles. The number of benzene rings is 1. The lowest BCUT2D eigenvalue weighted by atomic mass is 10.1. The van der Waals surface area contributed by atoms with Gasteiger partial charge >= 0.3 is 0 Å². The van der Waals surface area contributed by atoms with E-state index in [0.29, 0.717) is 10.8 Å². The molecular weight excluding hydrogens is 324 g/mol. The summed E-state index contributed by atoms with van der Waals surface area (Å²) in [5.74, 6) is -0.659. The van der Waals surface area contributed by atoms with E-state index in [1.54, 1.807) is 12.1 Å². The highest BCUT2D eigenvalue weighted by atomic mass is 35.5. The monoisotopic (exact) mass is 332 g/mol. The number of nitro benzene ring substituents is 1. The predicted molar refractivity (Wildman–Crippen MR) is 81.3 cm³/mol. The van der Waals surface area contributed by atoms with E-state index in [2.05, 4.69) is 10.3 Å². The number of fused-ring (bicyclic) bond motifs is 1. The highest BCUT2D eigenvalue weighted by Gasteiger charge is 2.36. The number of hydrogen-bond acceptors (Lipinski definition) is 6. The molecule has 0 spiro atoms. The standard InChI is InChI=1S/C14H9ClN4O4/c15-8-1-4-12(16-6-8)17-7-18-13(20)10-3-2-9(19(22)23)5-11(10)14(18)21/h1-6H,7H2,(H,16,17). The number of halogens is 1. The van der Waals surface area contributed by atoms with Crippen LogP contribution in [0, 0.1) is 10.1 Å². The van der Waals surface area contributed by atoms with Crippen LogP contribution in [0.5, 0.6) is 0 Å². The van der Waals surface area contributed by atoms with Crippen molar-refractivity contribution in [2.75, 3.05) is 12.0 Å². The molecule has 0 unspecified atom stereocenters. The molecule has 1 aromatic carbocycles. The van der Waals surface area contributed by atoms with Crippen LogP contribution in [0.4, 0.5) is 11.5 Å². The summed E-state index contributed by atoms with van der Waals surface area (Å²) in [6.07, 6.45) is 1.43. The number of amides is 2. The number of hydrogen-bond donors (Lipinski definition) is 1. The van der Waals surface area contributed by atoms with Gasteiger partial charge in [0.05, 0.1) is 27.7 Å². The Hall–Kier alpha value is -3.00. The third kappa shape index (κ3) is 2.71. The fourth-order valence-electron chi connectivity index (χ4n) is 2.18. The van der Waals surface area contributed by atoms with E-state index in [-0.39, 0.29) is 23.5 Å². The summed E-state index contributed by atoms with van der Waals surface area (Å²) in [4.78, 5) is 39.6. The Kier molecular flexibility index (Phi) is 3.67. The molecule has 3 rings (SSSR count). The van der Waals surface area contributed by atoms with E-state index < -0.39 is 16.7 Å². The topological polar surface area (TPSA) is 105 Å². The van der Waals surface area contributed by atoms with E-state index in [1.165, 1.54) is 18.3 Å². The number of nitro groups is 1. The van der Waals surface area contributed by atoms with Crippen molar-refractivity contribution in [2.24, 2.45) is 0 Å². The molecule has 2 amide bonds. The molecule has 1 aliphatic rings. The number of nitrogens with zero attached hydrogens (tertiary/aromatic N) is 3. The summed E-state index contributed by atoms with van der Waals surface area (Å²) < 4.78 is 0. The Morgan fingerprint density at radius 1 is 1.17 bits per heavy atom. The minimum absolute atomic E-state index is 0.0232. The number of rotatable bonds is 4. The summed E-state index contributed by atoms with van der Waals surface area (Å²) >= 11 is 5.72. The predicted octanol–water partition coefficient (Wildman–Crippen LogP) is 2.31. The van der Waals surface area contributed by atoms with Gasteiger partial charge in [-0.1, -0.05) is 11.6 Å². The molecule has 1 N–H and O–H groups in total. The first-order valence-corrected chi connectivity index (χ1v) is 6.85. The first-order chi connectivity index (χ1) is 11.0. The Morgan fingerprint density at radius 3 is 2.57 bits per heavy atom. The van der Waals surface area contributed by atoms with Crippen LogP contribution in [0.3, 0.4) is 0 Å². The van der Waals surface area contributed by atoms with Crippen LogP contribution in [0.2, 0.25) is 5.02 Å². The lowest BCUT2D eigenvalue weighted by molar-refractivity contribution is -0.384. The molecule has 116 valence electrons. The quantitative estimate of drug-likeness (QED) is 0.523. The lowest BCUT2D eigenvalue weighted by Gasteiger charge is -2.14. The molecule has 1 aromatic heterocycles. The molecule has 0 atom stereocenters. The average molecular weight is 333 g/mol. The van der Waals surface area contributed by atoms with Gasteiger partial charge in [-0.25, -0.2) is 4.98 Å². The Morgan fingerprint density at radius 2 is 1.91 bits per heavy atom. The van der Waals surface area contributed by atoms with Crippen LogP contribution in [-0.4, -0.2) is 33.3 Å². The number of carbonyl (C=O) groups excluding carboxylic acids is 2. The zero-order chi connectivity index (χ0) is 16.6. The summed E-state index contributed by atoms with van der Waals surface area (Å²) in [7, 11) is 0. The van der Waals surface area contributed by atoms with Crippen molar-refractivity contribution < 1.29 is 14.5 Å². The highest BCUT2D eigenvalue weighted by Crippen LogP contribution is 2.26. The number of carbonyl (C=O) groups is 2. The molecule has 23 heavy (non-hydrogen) atoms. The lowest BCUT2D eigenvalue weighted by Crippen LogP contribution is -2.34. The maximum atomic E-state index is 12.3. The van der Waals surface area contributed by atoms with Crippen molar-refractivity contribution in [1.29, 1.82) is 0 Å². The molecule has 0 radical (unpaired) electrons. The summed E-state index contributed by atoms with van der Waals surface area (Å²) in [5.41, 5.74) is -0.0689. The van der Waals surface area contributed by atoms with Crippen LogP contribution >= 0.6 is 11.6 Å². The second-order valence-electron chi connectivity index (χ2n) is 4.72. The maximum absolute atomic E-state index is 12.3. The largest absolute Gasteiger partial charge is 0.352 e. The van der Waals surface area contributed by atoms with Gasteiger partial charge < -0.3 is 5.32 Å².